The molecule has 0 aromatic heterocycles. The van der Waals surface area contributed by atoms with Crippen molar-refractivity contribution >= 4 is 25.6 Å². The molecule has 2 atom stereocenters. The topological polar surface area (TPSA) is 37.4 Å². The lowest BCUT2D eigenvalue weighted by Crippen LogP contribution is -2.41. The number of anilines is 1. The van der Waals surface area contributed by atoms with E-state index < -0.39 is 8.07 Å². The van der Waals surface area contributed by atoms with Crippen molar-refractivity contribution in [2.75, 3.05) is 4.90 Å². The van der Waals surface area contributed by atoms with Crippen molar-refractivity contribution in [3.8, 4) is 0 Å². The van der Waals surface area contributed by atoms with Crippen molar-refractivity contribution in [1.82, 2.24) is 0 Å². The fourth-order valence-corrected chi connectivity index (χ4v) is 5.96. The maximum absolute atomic E-state index is 12.7. The van der Waals surface area contributed by atoms with Crippen molar-refractivity contribution in [2.45, 2.75) is 31.1 Å². The van der Waals surface area contributed by atoms with Crippen LogP contribution in [0.3, 0.4) is 0 Å². The fraction of sp³-hybridized carbons (Fsp3) is 0.429. The molecular weight excluding hydrogens is 242 g/mol. The van der Waals surface area contributed by atoms with Crippen LogP contribution in [0.25, 0.3) is 0 Å². The Morgan fingerprint density at radius 3 is 2.28 bits per heavy atom. The van der Waals surface area contributed by atoms with E-state index in [4.69, 9.17) is 0 Å². The highest BCUT2D eigenvalue weighted by Gasteiger charge is 2.76. The van der Waals surface area contributed by atoms with Crippen LogP contribution < -0.4 is 4.90 Å². The third-order valence-electron chi connectivity index (χ3n) is 4.42. The summed E-state index contributed by atoms with van der Waals surface area (Å²) in [5.41, 5.74) is 0.720. The molecule has 0 N–H and O–H groups in total. The molecule has 2 fully saturated rings. The summed E-state index contributed by atoms with van der Waals surface area (Å²) < 4.78 is 0. The molecule has 2 unspecified atom stereocenters. The van der Waals surface area contributed by atoms with Gasteiger partial charge in [0.2, 0.25) is 11.8 Å². The zero-order valence-corrected chi connectivity index (χ0v) is 11.9. The number of para-hydroxylation sites is 1. The molecule has 0 bridgehead atoms. The molecule has 0 radical (unpaired) electrons. The first kappa shape index (κ1) is 11.7. The van der Waals surface area contributed by atoms with Gasteiger partial charge in [0.05, 0.1) is 24.7 Å². The summed E-state index contributed by atoms with van der Waals surface area (Å²) in [7, 11) is -1.67. The first-order valence-corrected chi connectivity index (χ1v) is 9.83. The van der Waals surface area contributed by atoms with Gasteiger partial charge >= 0.3 is 0 Å². The summed E-state index contributed by atoms with van der Waals surface area (Å²) in [6.07, 6.45) is 0.781. The minimum Gasteiger partial charge on any atom is -0.274 e. The van der Waals surface area contributed by atoms with Gasteiger partial charge in [-0.3, -0.25) is 14.5 Å². The molecule has 1 aliphatic carbocycles. The average Bonchev–Trinajstić information content (AvgIpc) is 3.01. The molecule has 3 rings (SSSR count). The number of fused-ring (bicyclic) bond motifs is 1. The van der Waals surface area contributed by atoms with E-state index in [-0.39, 0.29) is 22.8 Å². The number of carbonyl (C=O) groups is 2. The van der Waals surface area contributed by atoms with Gasteiger partial charge in [-0.15, -0.1) is 0 Å². The van der Waals surface area contributed by atoms with E-state index in [0.717, 1.165) is 12.1 Å². The second-order valence-corrected chi connectivity index (χ2v) is 11.7. The van der Waals surface area contributed by atoms with Gasteiger partial charge in [0, 0.05) is 0 Å². The summed E-state index contributed by atoms with van der Waals surface area (Å²) in [4.78, 5) is 26.4. The number of piperidine rings is 1. The molecule has 1 heterocycles. The van der Waals surface area contributed by atoms with Crippen LogP contribution in [0.15, 0.2) is 30.3 Å². The SMILES string of the molecule is C[Si](C)(C)C12CC1C(=O)N(c1ccccc1)C2=O. The Morgan fingerprint density at radius 1 is 1.17 bits per heavy atom. The van der Waals surface area contributed by atoms with Crippen LogP contribution in [0.5, 0.6) is 0 Å². The Morgan fingerprint density at radius 2 is 1.78 bits per heavy atom. The quantitative estimate of drug-likeness (QED) is 0.605. The lowest BCUT2D eigenvalue weighted by molar-refractivity contribution is -0.123. The monoisotopic (exact) mass is 259 g/mol. The molecule has 3 nitrogen and oxygen atoms in total. The van der Waals surface area contributed by atoms with E-state index in [9.17, 15) is 9.59 Å². The largest absolute Gasteiger partial charge is 0.274 e. The van der Waals surface area contributed by atoms with Crippen molar-refractivity contribution in [3.05, 3.63) is 30.3 Å². The van der Waals surface area contributed by atoms with E-state index in [0.29, 0.717) is 0 Å². The van der Waals surface area contributed by atoms with E-state index in [2.05, 4.69) is 19.6 Å². The molecule has 0 spiro atoms. The third-order valence-corrected chi connectivity index (χ3v) is 7.86. The van der Waals surface area contributed by atoms with Gasteiger partial charge < -0.3 is 0 Å². The van der Waals surface area contributed by atoms with Gasteiger partial charge in [0.1, 0.15) is 0 Å². The fourth-order valence-electron chi connectivity index (χ4n) is 3.22. The van der Waals surface area contributed by atoms with Gasteiger partial charge in [-0.1, -0.05) is 37.8 Å². The predicted octanol–water partition coefficient (Wildman–Crippen LogP) is 2.66. The highest BCUT2D eigenvalue weighted by Crippen LogP contribution is 2.71. The van der Waals surface area contributed by atoms with E-state index in [1.807, 2.05) is 30.3 Å². The molecule has 94 valence electrons. The minimum absolute atomic E-state index is 0.00799. The summed E-state index contributed by atoms with van der Waals surface area (Å²) in [6.45, 7) is 6.56. The molecule has 18 heavy (non-hydrogen) atoms. The van der Waals surface area contributed by atoms with Gasteiger partial charge in [-0.2, -0.15) is 0 Å². The van der Waals surface area contributed by atoms with Crippen molar-refractivity contribution in [3.63, 3.8) is 0 Å². The molecule has 4 heteroatoms. The lowest BCUT2D eigenvalue weighted by Gasteiger charge is -2.27. The Bertz CT molecular complexity index is 534. The number of hydrogen-bond acceptors (Lipinski definition) is 2. The molecule has 1 saturated heterocycles. The second-order valence-electron chi connectivity index (χ2n) is 6.29. The molecule has 1 aliphatic heterocycles. The molecule has 2 amide bonds. The van der Waals surface area contributed by atoms with Gasteiger partial charge in [0.15, 0.2) is 0 Å². The standard InChI is InChI=1S/C14H17NO2Si/c1-18(2,3)14-9-11(14)12(16)15(13(14)17)10-7-5-4-6-8-10/h4-8,11H,9H2,1-3H3. The summed E-state index contributed by atoms with van der Waals surface area (Å²) >= 11 is 0. The van der Waals surface area contributed by atoms with Crippen LogP contribution in [0.2, 0.25) is 24.7 Å². The number of carbonyl (C=O) groups excluding carboxylic acids is 2. The van der Waals surface area contributed by atoms with Gasteiger partial charge in [-0.05, 0) is 18.6 Å². The van der Waals surface area contributed by atoms with Crippen LogP contribution in [0.1, 0.15) is 6.42 Å². The number of hydrogen-bond donors (Lipinski definition) is 0. The van der Waals surface area contributed by atoms with Crippen LogP contribution in [-0.4, -0.2) is 19.9 Å². The van der Waals surface area contributed by atoms with Crippen LogP contribution in [-0.2, 0) is 9.59 Å². The zero-order valence-electron chi connectivity index (χ0n) is 10.9. The van der Waals surface area contributed by atoms with Gasteiger partial charge in [0.25, 0.3) is 0 Å². The number of benzene rings is 1. The Labute approximate surface area is 108 Å². The molecule has 1 aromatic rings. The van der Waals surface area contributed by atoms with E-state index in [1.54, 1.807) is 0 Å². The first-order valence-electron chi connectivity index (χ1n) is 6.33. The molecule has 2 aliphatic rings. The van der Waals surface area contributed by atoms with Crippen LogP contribution in [0.4, 0.5) is 5.69 Å². The van der Waals surface area contributed by atoms with Crippen molar-refractivity contribution in [1.29, 1.82) is 0 Å². The van der Waals surface area contributed by atoms with E-state index >= 15 is 0 Å². The average molecular weight is 259 g/mol. The Hall–Kier alpha value is -1.42. The number of rotatable bonds is 2. The van der Waals surface area contributed by atoms with Crippen LogP contribution >= 0.6 is 0 Å². The van der Waals surface area contributed by atoms with E-state index in [1.165, 1.54) is 4.90 Å². The number of nitrogens with zero attached hydrogens (tertiary/aromatic N) is 1. The van der Waals surface area contributed by atoms with Crippen LogP contribution in [0, 0.1) is 5.92 Å². The van der Waals surface area contributed by atoms with Crippen molar-refractivity contribution in [2.24, 2.45) is 5.92 Å². The number of amides is 2. The maximum Gasteiger partial charge on any atom is 0.238 e. The van der Waals surface area contributed by atoms with Gasteiger partial charge in [-0.25, -0.2) is 0 Å². The highest BCUT2D eigenvalue weighted by atomic mass is 28.3. The normalized spacial score (nSPS) is 30.6. The Balaban J connectivity index is 2.03. The molecule has 1 saturated carbocycles. The second kappa shape index (κ2) is 3.32. The highest BCUT2D eigenvalue weighted by molar-refractivity contribution is 6.85. The van der Waals surface area contributed by atoms with Crippen molar-refractivity contribution < 1.29 is 9.59 Å². The number of imide groups is 1. The summed E-state index contributed by atoms with van der Waals surface area (Å²) in [6, 6.07) is 9.28. The smallest absolute Gasteiger partial charge is 0.238 e. The molecule has 1 aromatic carbocycles. The minimum atomic E-state index is -1.67. The zero-order chi connectivity index (χ0) is 13.1. The lowest BCUT2D eigenvalue weighted by atomic mass is 10.3. The maximum atomic E-state index is 12.7. The first-order chi connectivity index (χ1) is 8.39. The summed E-state index contributed by atoms with van der Waals surface area (Å²) in [5.74, 6) is 0.00774. The summed E-state index contributed by atoms with van der Waals surface area (Å²) in [5, 5.41) is -0.320. The molecular formula is C14H17NO2Si. The predicted molar refractivity (Wildman–Crippen MR) is 73.1 cm³/mol. The third kappa shape index (κ3) is 1.24. The Kier molecular flexibility index (Phi) is 2.15.